The van der Waals surface area contributed by atoms with Crippen molar-refractivity contribution >= 4 is 0 Å². The summed E-state index contributed by atoms with van der Waals surface area (Å²) in [5, 5.41) is 8.94. The van der Waals surface area contributed by atoms with Crippen LogP contribution in [0.3, 0.4) is 0 Å². The van der Waals surface area contributed by atoms with Gasteiger partial charge in [0, 0.05) is 18.1 Å². The Hall–Kier alpha value is -3.84. The summed E-state index contributed by atoms with van der Waals surface area (Å²) in [4.78, 5) is 4.64. The number of aromatic nitrogens is 1. The van der Waals surface area contributed by atoms with Crippen molar-refractivity contribution in [3.63, 3.8) is 0 Å². The number of aryl methyl sites for hydroxylation is 1. The molecule has 0 spiro atoms. The van der Waals surface area contributed by atoms with Gasteiger partial charge in [-0.2, -0.15) is 5.26 Å². The first-order valence-electron chi connectivity index (χ1n) is 9.40. The lowest BCUT2D eigenvalue weighted by atomic mass is 10.0. The lowest BCUT2D eigenvalue weighted by Gasteiger charge is -2.04. The third-order valence-electron chi connectivity index (χ3n) is 4.62. The Morgan fingerprint density at radius 2 is 1.66 bits per heavy atom. The lowest BCUT2D eigenvalue weighted by molar-refractivity contribution is 0.319. The summed E-state index contributed by atoms with van der Waals surface area (Å²) in [5.74, 6) is 1.95. The van der Waals surface area contributed by atoms with Crippen molar-refractivity contribution < 1.29 is 9.15 Å². The molecule has 141 valence electrons. The van der Waals surface area contributed by atoms with Gasteiger partial charge in [-0.1, -0.05) is 48.5 Å². The van der Waals surface area contributed by atoms with Crippen LogP contribution in [-0.2, 0) is 6.42 Å². The Kier molecular flexibility index (Phi) is 5.40. The van der Waals surface area contributed by atoms with Gasteiger partial charge >= 0.3 is 0 Å². The molecule has 1 radical (unpaired) electrons. The average molecular weight is 379 g/mol. The van der Waals surface area contributed by atoms with Crippen molar-refractivity contribution in [3.8, 4) is 34.4 Å². The van der Waals surface area contributed by atoms with Crippen LogP contribution in [0.2, 0.25) is 0 Å². The van der Waals surface area contributed by atoms with Crippen molar-refractivity contribution in [3.05, 3.63) is 95.9 Å². The zero-order chi connectivity index (χ0) is 20.1. The molecule has 4 rings (SSSR count). The molecule has 0 aliphatic heterocycles. The molecule has 0 aliphatic rings. The Labute approximate surface area is 170 Å². The molecule has 3 aromatic carbocycles. The summed E-state index contributed by atoms with van der Waals surface area (Å²) in [7, 11) is 0. The van der Waals surface area contributed by atoms with E-state index >= 15 is 0 Å². The maximum Gasteiger partial charge on any atom is 0.226 e. The largest absolute Gasteiger partial charge is 0.492 e. The summed E-state index contributed by atoms with van der Waals surface area (Å²) in [6.07, 6.45) is 0.613. The van der Waals surface area contributed by atoms with E-state index in [-0.39, 0.29) is 0 Å². The predicted octanol–water partition coefficient (Wildman–Crippen LogP) is 5.61. The zero-order valence-corrected chi connectivity index (χ0v) is 16.1. The normalized spacial score (nSPS) is 10.5. The second-order valence-corrected chi connectivity index (χ2v) is 6.60. The molecular weight excluding hydrogens is 360 g/mol. The molecule has 4 nitrogen and oxygen atoms in total. The van der Waals surface area contributed by atoms with Gasteiger partial charge in [0.2, 0.25) is 5.89 Å². The van der Waals surface area contributed by atoms with Crippen LogP contribution in [0.25, 0.3) is 22.6 Å². The molecule has 0 fully saturated rings. The van der Waals surface area contributed by atoms with Crippen molar-refractivity contribution in [2.24, 2.45) is 0 Å². The monoisotopic (exact) mass is 379 g/mol. The molecule has 4 heteroatoms. The molecule has 0 aliphatic carbocycles. The molecule has 0 saturated heterocycles. The number of hydrogen-bond donors (Lipinski definition) is 0. The van der Waals surface area contributed by atoms with Crippen LogP contribution in [0.4, 0.5) is 0 Å². The van der Waals surface area contributed by atoms with E-state index in [1.54, 1.807) is 18.2 Å². The summed E-state index contributed by atoms with van der Waals surface area (Å²) in [6.45, 7) is 2.34. The Balaban J connectivity index is 1.43. The van der Waals surface area contributed by atoms with Crippen molar-refractivity contribution in [2.45, 2.75) is 13.3 Å². The maximum atomic E-state index is 8.94. The second-order valence-electron chi connectivity index (χ2n) is 6.60. The molecule has 0 saturated carbocycles. The number of nitriles is 1. The molecule has 1 heterocycles. The fourth-order valence-corrected chi connectivity index (χ4v) is 3.07. The van der Waals surface area contributed by atoms with Gasteiger partial charge in [0.05, 0.1) is 23.9 Å². The zero-order valence-electron chi connectivity index (χ0n) is 16.1. The van der Waals surface area contributed by atoms with E-state index in [1.165, 1.54) is 5.56 Å². The topological polar surface area (TPSA) is 59.1 Å². The smallest absolute Gasteiger partial charge is 0.226 e. The highest BCUT2D eigenvalue weighted by molar-refractivity contribution is 5.67. The van der Waals surface area contributed by atoms with Crippen LogP contribution in [-0.4, -0.2) is 11.6 Å². The van der Waals surface area contributed by atoms with Gasteiger partial charge in [-0.05, 0) is 42.3 Å². The fraction of sp³-hybridized carbons (Fsp3) is 0.120. The molecule has 0 bridgehead atoms. The second kappa shape index (κ2) is 8.45. The number of ether oxygens (including phenoxy) is 1. The molecule has 0 N–H and O–H groups in total. The SMILES string of the molecule is Cc1oc(-c2ccc(-c3ccccc3)cc2)nc1CCOc1[c]c(C#N)ccc1. The Bertz CT molecular complexity index is 1140. The number of benzene rings is 3. The van der Waals surface area contributed by atoms with Gasteiger partial charge in [-0.15, -0.1) is 0 Å². The van der Waals surface area contributed by atoms with Gasteiger partial charge in [0.25, 0.3) is 0 Å². The fourth-order valence-electron chi connectivity index (χ4n) is 3.07. The summed E-state index contributed by atoms with van der Waals surface area (Å²) in [5.41, 5.74) is 4.60. The van der Waals surface area contributed by atoms with Crippen LogP contribution in [0.1, 0.15) is 17.0 Å². The van der Waals surface area contributed by atoms with Gasteiger partial charge in [-0.25, -0.2) is 4.98 Å². The van der Waals surface area contributed by atoms with E-state index in [4.69, 9.17) is 14.4 Å². The highest BCUT2D eigenvalue weighted by atomic mass is 16.5. The van der Waals surface area contributed by atoms with Crippen LogP contribution in [0.15, 0.2) is 77.2 Å². The standard InChI is InChI=1S/C25H19N2O2/c1-18-24(14-15-28-23-9-5-6-19(16-23)17-26)27-25(29-18)22-12-10-21(11-13-22)20-7-3-2-4-8-20/h2-13H,14-15H2,1H3. The number of nitrogens with zero attached hydrogens (tertiary/aromatic N) is 2. The third kappa shape index (κ3) is 4.36. The van der Waals surface area contributed by atoms with Crippen molar-refractivity contribution in [1.82, 2.24) is 4.98 Å². The average Bonchev–Trinajstić information content (AvgIpc) is 3.15. The van der Waals surface area contributed by atoms with E-state index in [2.05, 4.69) is 41.4 Å². The van der Waals surface area contributed by atoms with E-state index in [0.29, 0.717) is 30.2 Å². The summed E-state index contributed by atoms with van der Waals surface area (Å²) >= 11 is 0. The first-order chi connectivity index (χ1) is 14.2. The first kappa shape index (κ1) is 18.5. The first-order valence-corrected chi connectivity index (χ1v) is 9.40. The molecule has 0 amide bonds. The lowest BCUT2D eigenvalue weighted by Crippen LogP contribution is -2.03. The minimum atomic E-state index is 0.436. The highest BCUT2D eigenvalue weighted by Gasteiger charge is 2.12. The van der Waals surface area contributed by atoms with Crippen molar-refractivity contribution in [1.29, 1.82) is 5.26 Å². The van der Waals surface area contributed by atoms with Gasteiger partial charge < -0.3 is 9.15 Å². The maximum absolute atomic E-state index is 8.94. The quantitative estimate of drug-likeness (QED) is 0.437. The number of hydrogen-bond acceptors (Lipinski definition) is 4. The number of oxazole rings is 1. The van der Waals surface area contributed by atoms with Crippen molar-refractivity contribution in [2.75, 3.05) is 6.61 Å². The third-order valence-corrected chi connectivity index (χ3v) is 4.62. The number of rotatable bonds is 6. The molecular formula is C25H19N2O2. The summed E-state index contributed by atoms with van der Waals surface area (Å²) < 4.78 is 11.6. The molecule has 0 atom stereocenters. The molecule has 4 aromatic rings. The molecule has 0 unspecified atom stereocenters. The molecule has 29 heavy (non-hydrogen) atoms. The van der Waals surface area contributed by atoms with Crippen LogP contribution < -0.4 is 4.74 Å². The Morgan fingerprint density at radius 1 is 0.931 bits per heavy atom. The highest BCUT2D eigenvalue weighted by Crippen LogP contribution is 2.26. The minimum Gasteiger partial charge on any atom is -0.492 e. The van der Waals surface area contributed by atoms with Crippen LogP contribution in [0, 0.1) is 24.3 Å². The van der Waals surface area contributed by atoms with E-state index < -0.39 is 0 Å². The summed E-state index contributed by atoms with van der Waals surface area (Å²) in [6, 6.07) is 28.7. The van der Waals surface area contributed by atoms with Crippen LogP contribution >= 0.6 is 0 Å². The van der Waals surface area contributed by atoms with Gasteiger partial charge in [0.15, 0.2) is 0 Å². The van der Waals surface area contributed by atoms with Crippen LogP contribution in [0.5, 0.6) is 5.75 Å². The molecule has 1 aromatic heterocycles. The Morgan fingerprint density at radius 3 is 2.41 bits per heavy atom. The van der Waals surface area contributed by atoms with E-state index in [9.17, 15) is 0 Å². The van der Waals surface area contributed by atoms with E-state index in [1.807, 2.05) is 37.3 Å². The van der Waals surface area contributed by atoms with E-state index in [0.717, 1.165) is 22.6 Å². The predicted molar refractivity (Wildman–Crippen MR) is 111 cm³/mol. The minimum absolute atomic E-state index is 0.436. The van der Waals surface area contributed by atoms with Gasteiger partial charge in [0.1, 0.15) is 11.5 Å². The van der Waals surface area contributed by atoms with Gasteiger partial charge in [-0.3, -0.25) is 0 Å².